The number of likely N-dealkylation sites (tertiary alicyclic amines) is 2. The highest BCUT2D eigenvalue weighted by molar-refractivity contribution is 6.12. The van der Waals surface area contributed by atoms with Gasteiger partial charge >= 0.3 is 0 Å². The molecule has 11 atom stereocenters. The standard InChI is InChI=1S/C51H79N7O11/c1-10-33(4)45(56(7)51(65)44(32(2)3)54-50(64)46-36-18-19-37(30-36)55(46)6)40(66-8)31-43(61)57-23-14-17-39(57)47(67-9)34(5)48(62)53-38(29-35-15-12-11-13-16-35)49(63)52-22-25-68-27-28-69-26-24-58-41(59)20-21-42(58)60/h11-13,15-16,20-21,32-34,36-40,44-47H,10,14,17-19,22-31H2,1-9H3,(H,52,63)(H,53,62)(H,54,64). The van der Waals surface area contributed by atoms with Gasteiger partial charge < -0.3 is 44.7 Å². The fraction of sp³-hybridized carbons (Fsp3) is 0.706. The molecule has 5 rings (SSSR count). The fourth-order valence-corrected chi connectivity index (χ4v) is 10.7. The molecular formula is C51H79N7O11. The highest BCUT2D eigenvalue weighted by Gasteiger charge is 2.49. The normalized spacial score (nSPS) is 23.2. The number of benzene rings is 1. The van der Waals surface area contributed by atoms with Gasteiger partial charge in [0.2, 0.25) is 29.5 Å². The SMILES string of the molecule is CCC(C)C(C(CC(=O)N1CCCC1C(OC)C(C)C(=O)NC(Cc1ccccc1)C(=O)NCCOCCOCCN1C(=O)C=CC1=O)OC)N(C)C(=O)C(NC(=O)C1C2CCC(C2)N1C)C(C)C. The van der Waals surface area contributed by atoms with Gasteiger partial charge in [0.25, 0.3) is 11.8 Å². The van der Waals surface area contributed by atoms with Crippen molar-refractivity contribution in [3.8, 4) is 0 Å². The molecule has 3 N–H and O–H groups in total. The van der Waals surface area contributed by atoms with Crippen LogP contribution >= 0.6 is 0 Å². The fourth-order valence-electron chi connectivity index (χ4n) is 10.7. The summed E-state index contributed by atoms with van der Waals surface area (Å²) in [4.78, 5) is 100. The van der Waals surface area contributed by atoms with Gasteiger partial charge in [0.1, 0.15) is 12.1 Å². The van der Waals surface area contributed by atoms with E-state index in [1.54, 1.807) is 30.9 Å². The van der Waals surface area contributed by atoms with Crippen LogP contribution in [0.5, 0.6) is 0 Å². The Labute approximate surface area is 408 Å². The number of fused-ring (bicyclic) bond motifs is 2. The van der Waals surface area contributed by atoms with Crippen LogP contribution in [0.4, 0.5) is 0 Å². The first-order valence-corrected chi connectivity index (χ1v) is 25.0. The van der Waals surface area contributed by atoms with Crippen LogP contribution in [0.1, 0.15) is 85.1 Å². The van der Waals surface area contributed by atoms with Crippen molar-refractivity contribution in [3.63, 3.8) is 0 Å². The first-order chi connectivity index (χ1) is 33.0. The molecule has 1 aliphatic carbocycles. The number of amides is 7. The molecule has 3 fully saturated rings. The van der Waals surface area contributed by atoms with Crippen LogP contribution in [0, 0.1) is 23.7 Å². The topological polar surface area (TPSA) is 205 Å². The van der Waals surface area contributed by atoms with Gasteiger partial charge in [-0.05, 0) is 62.5 Å². The molecular weight excluding hydrogens is 887 g/mol. The lowest BCUT2D eigenvalue weighted by Gasteiger charge is -2.41. The largest absolute Gasteiger partial charge is 0.379 e. The summed E-state index contributed by atoms with van der Waals surface area (Å²) >= 11 is 0. The molecule has 1 aromatic rings. The molecule has 11 unspecified atom stereocenters. The second-order valence-electron chi connectivity index (χ2n) is 19.6. The number of rotatable bonds is 28. The molecule has 2 bridgehead atoms. The van der Waals surface area contributed by atoms with Crippen molar-refractivity contribution in [2.45, 2.75) is 134 Å². The van der Waals surface area contributed by atoms with Crippen molar-refractivity contribution in [2.24, 2.45) is 23.7 Å². The summed E-state index contributed by atoms with van der Waals surface area (Å²) in [6, 6.07) is 6.95. The number of nitrogens with zero attached hydrogens (tertiary/aromatic N) is 4. The predicted molar refractivity (Wildman–Crippen MR) is 258 cm³/mol. The molecule has 2 saturated heterocycles. The molecule has 3 aliphatic heterocycles. The second kappa shape index (κ2) is 26.5. The van der Waals surface area contributed by atoms with Crippen molar-refractivity contribution in [1.29, 1.82) is 0 Å². The number of hydrogen-bond acceptors (Lipinski definition) is 12. The molecule has 1 saturated carbocycles. The van der Waals surface area contributed by atoms with Gasteiger partial charge in [-0.15, -0.1) is 0 Å². The maximum atomic E-state index is 14.5. The highest BCUT2D eigenvalue weighted by atomic mass is 16.5. The predicted octanol–water partition coefficient (Wildman–Crippen LogP) is 2.33. The van der Waals surface area contributed by atoms with Crippen molar-refractivity contribution in [1.82, 2.24) is 35.6 Å². The van der Waals surface area contributed by atoms with Gasteiger partial charge in [0.05, 0.1) is 75.6 Å². The van der Waals surface area contributed by atoms with E-state index in [0.717, 1.165) is 36.1 Å². The van der Waals surface area contributed by atoms with E-state index in [4.69, 9.17) is 18.9 Å². The zero-order valence-electron chi connectivity index (χ0n) is 42.4. The van der Waals surface area contributed by atoms with E-state index in [2.05, 4.69) is 20.9 Å². The molecule has 0 aromatic heterocycles. The van der Waals surface area contributed by atoms with Gasteiger partial charge in [-0.1, -0.05) is 71.4 Å². The highest BCUT2D eigenvalue weighted by Crippen LogP contribution is 2.41. The van der Waals surface area contributed by atoms with Gasteiger partial charge in [-0.25, -0.2) is 0 Å². The van der Waals surface area contributed by atoms with Gasteiger partial charge in [-0.3, -0.25) is 43.4 Å². The third kappa shape index (κ3) is 14.2. The van der Waals surface area contributed by atoms with Crippen molar-refractivity contribution < 1.29 is 52.5 Å². The minimum Gasteiger partial charge on any atom is -0.379 e. The number of likely N-dealkylation sites (N-methyl/N-ethyl adjacent to an activating group) is 2. The van der Waals surface area contributed by atoms with Crippen molar-refractivity contribution >= 4 is 41.4 Å². The zero-order valence-corrected chi connectivity index (χ0v) is 42.4. The molecule has 0 spiro atoms. The third-order valence-electron chi connectivity index (χ3n) is 14.9. The maximum Gasteiger partial charge on any atom is 0.253 e. The van der Waals surface area contributed by atoms with Gasteiger partial charge in [-0.2, -0.15) is 0 Å². The Morgan fingerprint density at radius 3 is 2.14 bits per heavy atom. The average molecular weight is 966 g/mol. The number of piperidine rings is 1. The molecule has 69 heavy (non-hydrogen) atoms. The zero-order chi connectivity index (χ0) is 50.4. The van der Waals surface area contributed by atoms with Crippen LogP contribution in [0.15, 0.2) is 42.5 Å². The smallest absolute Gasteiger partial charge is 0.253 e. The summed E-state index contributed by atoms with van der Waals surface area (Å²) in [7, 11) is 6.83. The molecule has 3 heterocycles. The van der Waals surface area contributed by atoms with E-state index in [1.165, 1.54) is 19.3 Å². The van der Waals surface area contributed by atoms with E-state index in [1.807, 2.05) is 65.1 Å². The maximum absolute atomic E-state index is 14.5. The number of ether oxygens (including phenoxy) is 4. The van der Waals surface area contributed by atoms with E-state index in [9.17, 15) is 33.6 Å². The third-order valence-corrected chi connectivity index (χ3v) is 14.9. The van der Waals surface area contributed by atoms with Crippen LogP contribution in [-0.2, 0) is 58.9 Å². The lowest BCUT2D eigenvalue weighted by atomic mass is 9.89. The molecule has 4 aliphatic rings. The molecule has 18 heteroatoms. The number of hydrogen-bond donors (Lipinski definition) is 3. The minimum absolute atomic E-state index is 0.0116. The number of carbonyl (C=O) groups is 7. The minimum atomic E-state index is -0.919. The van der Waals surface area contributed by atoms with Crippen LogP contribution in [-0.4, -0.2) is 184 Å². The number of carbonyl (C=O) groups excluding carboxylic acids is 7. The van der Waals surface area contributed by atoms with Gasteiger partial charge in [0.15, 0.2) is 0 Å². The summed E-state index contributed by atoms with van der Waals surface area (Å²) < 4.78 is 23.2. The van der Waals surface area contributed by atoms with Crippen LogP contribution in [0.3, 0.4) is 0 Å². The lowest BCUT2D eigenvalue weighted by Crippen LogP contribution is -2.60. The molecule has 384 valence electrons. The molecule has 7 amide bonds. The number of methoxy groups -OCH3 is 2. The van der Waals surface area contributed by atoms with Gasteiger partial charge in [0, 0.05) is 59.0 Å². The average Bonchev–Trinajstić information content (AvgIpc) is 4.15. The van der Waals surface area contributed by atoms with Crippen LogP contribution in [0.2, 0.25) is 0 Å². The number of nitrogens with one attached hydrogen (secondary N) is 3. The Hall–Kier alpha value is -4.75. The summed E-state index contributed by atoms with van der Waals surface area (Å²) in [5, 5.41) is 8.96. The molecule has 1 aromatic carbocycles. The first-order valence-electron chi connectivity index (χ1n) is 25.0. The van der Waals surface area contributed by atoms with E-state index >= 15 is 0 Å². The molecule has 18 nitrogen and oxygen atoms in total. The Balaban J connectivity index is 1.17. The van der Waals surface area contributed by atoms with Crippen LogP contribution in [0.25, 0.3) is 0 Å². The monoisotopic (exact) mass is 966 g/mol. The van der Waals surface area contributed by atoms with Crippen LogP contribution < -0.4 is 16.0 Å². The summed E-state index contributed by atoms with van der Waals surface area (Å²) in [5.74, 6) is -2.71. The summed E-state index contributed by atoms with van der Waals surface area (Å²) in [6.07, 6.45) is 6.46. The van der Waals surface area contributed by atoms with Crippen molar-refractivity contribution in [3.05, 3.63) is 48.0 Å². The number of imide groups is 1. The Kier molecular flexibility index (Phi) is 21.2. The summed E-state index contributed by atoms with van der Waals surface area (Å²) in [5.41, 5.74) is 0.853. The first kappa shape index (κ1) is 55.2. The van der Waals surface area contributed by atoms with E-state index in [-0.39, 0.29) is 106 Å². The quantitative estimate of drug-likeness (QED) is 0.0819. The van der Waals surface area contributed by atoms with E-state index in [0.29, 0.717) is 31.3 Å². The second-order valence-corrected chi connectivity index (χ2v) is 19.6. The Morgan fingerprint density at radius 1 is 0.855 bits per heavy atom. The lowest BCUT2D eigenvalue weighted by molar-refractivity contribution is -0.148. The Bertz CT molecular complexity index is 1920. The van der Waals surface area contributed by atoms with E-state index < -0.39 is 48.2 Å². The summed E-state index contributed by atoms with van der Waals surface area (Å²) in [6.45, 7) is 11.3. The molecule has 0 radical (unpaired) electrons. The van der Waals surface area contributed by atoms with Crippen molar-refractivity contribution in [2.75, 3.05) is 74.4 Å². The Morgan fingerprint density at radius 2 is 1.54 bits per heavy atom.